The molecule has 0 aromatic carbocycles. The van der Waals surface area contributed by atoms with Crippen LogP contribution in [0.5, 0.6) is 0 Å². The van der Waals surface area contributed by atoms with Crippen molar-refractivity contribution in [3.8, 4) is 0 Å². The van der Waals surface area contributed by atoms with E-state index in [1.165, 1.54) is 0 Å². The summed E-state index contributed by atoms with van der Waals surface area (Å²) in [6.07, 6.45) is 0. The summed E-state index contributed by atoms with van der Waals surface area (Å²) >= 11 is 0. The van der Waals surface area contributed by atoms with Gasteiger partial charge in [0.25, 0.3) is 0 Å². The Labute approximate surface area is 102 Å². The highest BCUT2D eigenvalue weighted by Crippen LogP contribution is 2.26. The van der Waals surface area contributed by atoms with E-state index in [1.807, 2.05) is 0 Å². The SMILES string of the molecule is O=P(O)(O)O.O=P(O)(O)O.O=P(O)(O)O.P.P. The zero-order valence-electron chi connectivity index (χ0n) is 8.01. The summed E-state index contributed by atoms with van der Waals surface area (Å²) in [4.78, 5) is 64.7. The molecule has 0 aliphatic rings. The van der Waals surface area contributed by atoms with E-state index in [9.17, 15) is 0 Å². The summed E-state index contributed by atoms with van der Waals surface area (Å²) < 4.78 is 26.6. The van der Waals surface area contributed by atoms with Gasteiger partial charge in [0.2, 0.25) is 0 Å². The molecule has 0 fully saturated rings. The Bertz CT molecular complexity index is 201. The summed E-state index contributed by atoms with van der Waals surface area (Å²) in [6.45, 7) is 0. The van der Waals surface area contributed by atoms with Gasteiger partial charge in [0, 0.05) is 0 Å². The highest BCUT2D eigenvalue weighted by molar-refractivity contribution is 7.45. The van der Waals surface area contributed by atoms with Crippen molar-refractivity contribution in [2.45, 2.75) is 0 Å². The van der Waals surface area contributed by atoms with Gasteiger partial charge >= 0.3 is 23.5 Å². The van der Waals surface area contributed by atoms with E-state index in [0.29, 0.717) is 0 Å². The van der Waals surface area contributed by atoms with Crippen LogP contribution < -0.4 is 0 Å². The van der Waals surface area contributed by atoms with Crippen LogP contribution >= 0.6 is 43.3 Å². The number of rotatable bonds is 0. The van der Waals surface area contributed by atoms with Gasteiger partial charge in [-0.1, -0.05) is 0 Å². The lowest BCUT2D eigenvalue weighted by atomic mass is 15.8. The van der Waals surface area contributed by atoms with Crippen LogP contribution in [0.15, 0.2) is 0 Å². The monoisotopic (exact) mass is 362 g/mol. The predicted octanol–water partition coefficient (Wildman–Crippen LogP) is -2.67. The van der Waals surface area contributed by atoms with Gasteiger partial charge in [-0.2, -0.15) is 19.8 Å². The molecule has 0 aromatic heterocycles. The molecule has 0 spiro atoms. The van der Waals surface area contributed by atoms with E-state index in [0.717, 1.165) is 0 Å². The molecule has 0 amide bonds. The van der Waals surface area contributed by atoms with Crippen LogP contribution in [0.3, 0.4) is 0 Å². The average molecular weight is 362 g/mol. The zero-order chi connectivity index (χ0) is 13.5. The van der Waals surface area contributed by atoms with Gasteiger partial charge in [0.1, 0.15) is 0 Å². The summed E-state index contributed by atoms with van der Waals surface area (Å²) in [5.41, 5.74) is 0. The molecule has 0 bridgehead atoms. The minimum absolute atomic E-state index is 0. The second-order valence-corrected chi connectivity index (χ2v) is 4.62. The maximum absolute atomic E-state index is 8.88. The van der Waals surface area contributed by atoms with E-state index in [4.69, 9.17) is 57.7 Å². The molecule has 0 aliphatic carbocycles. The predicted molar refractivity (Wildman–Crippen MR) is 65.0 cm³/mol. The third-order valence-corrected chi connectivity index (χ3v) is 0. The van der Waals surface area contributed by atoms with Crippen LogP contribution in [0, 0.1) is 0 Å². The molecule has 12 nitrogen and oxygen atoms in total. The number of hydrogen-bond donors (Lipinski definition) is 9. The lowest BCUT2D eigenvalue weighted by Gasteiger charge is -1.82. The van der Waals surface area contributed by atoms with Gasteiger partial charge in [-0.05, 0) is 0 Å². The van der Waals surface area contributed by atoms with E-state index in [1.54, 1.807) is 0 Å². The van der Waals surface area contributed by atoms with Gasteiger partial charge in [-0.15, -0.1) is 0 Å². The first-order chi connectivity index (χ1) is 6.00. The van der Waals surface area contributed by atoms with Gasteiger partial charge in [-0.3, -0.25) is 0 Å². The van der Waals surface area contributed by atoms with Crippen molar-refractivity contribution in [1.29, 1.82) is 0 Å². The summed E-state index contributed by atoms with van der Waals surface area (Å²) in [5.74, 6) is 0. The Hall–Kier alpha value is 1.19. The van der Waals surface area contributed by atoms with Crippen molar-refractivity contribution >= 4 is 43.3 Å². The third-order valence-electron chi connectivity index (χ3n) is 0. The minimum Gasteiger partial charge on any atom is -0.303 e. The Morgan fingerprint density at radius 2 is 0.412 bits per heavy atom. The molecule has 0 saturated heterocycles. The first-order valence-corrected chi connectivity index (χ1v) is 7.04. The highest BCUT2D eigenvalue weighted by atomic mass is 31.2. The van der Waals surface area contributed by atoms with Crippen LogP contribution in [-0.2, 0) is 13.7 Å². The van der Waals surface area contributed by atoms with E-state index < -0.39 is 23.5 Å². The van der Waals surface area contributed by atoms with Crippen molar-refractivity contribution in [2.75, 3.05) is 0 Å². The van der Waals surface area contributed by atoms with E-state index in [2.05, 4.69) is 0 Å². The molecule has 0 saturated carbocycles. The molecular formula is H15O12P5. The smallest absolute Gasteiger partial charge is 0.303 e. The fraction of sp³-hybridized carbons (Fsp3) is 0. The molecule has 112 valence electrons. The third kappa shape index (κ3) is 2800. The van der Waals surface area contributed by atoms with Crippen LogP contribution in [-0.4, -0.2) is 44.0 Å². The van der Waals surface area contributed by atoms with E-state index >= 15 is 0 Å². The molecule has 0 aromatic rings. The summed E-state index contributed by atoms with van der Waals surface area (Å²) in [5, 5.41) is 0. The molecule has 0 aliphatic heterocycles. The normalized spacial score (nSPS) is 10.4. The van der Waals surface area contributed by atoms with Gasteiger partial charge in [0.05, 0.1) is 0 Å². The first-order valence-electron chi connectivity index (χ1n) is 2.35. The molecule has 2 atom stereocenters. The quantitative estimate of drug-likeness (QED) is 0.201. The lowest BCUT2D eigenvalue weighted by Crippen LogP contribution is -1.66. The van der Waals surface area contributed by atoms with Gasteiger partial charge < -0.3 is 44.0 Å². The summed E-state index contributed by atoms with van der Waals surface area (Å²) in [6, 6.07) is 0. The fourth-order valence-corrected chi connectivity index (χ4v) is 0. The molecule has 17 heavy (non-hydrogen) atoms. The standard InChI is InChI=1S/3H3O4P.2H3P/c3*1-5(2,3)4;;/h3*(H3,1,2,3,4);2*1H3. The maximum Gasteiger partial charge on any atom is 0.466 e. The Balaban J connectivity index is -0.0000000400. The van der Waals surface area contributed by atoms with E-state index in [-0.39, 0.29) is 19.8 Å². The summed E-state index contributed by atoms with van der Waals surface area (Å²) in [7, 11) is -13.9. The fourth-order valence-electron chi connectivity index (χ4n) is 0. The van der Waals surface area contributed by atoms with Crippen molar-refractivity contribution in [3.63, 3.8) is 0 Å². The van der Waals surface area contributed by atoms with Crippen LogP contribution in [0.1, 0.15) is 0 Å². The number of phosphoric acid groups is 3. The van der Waals surface area contributed by atoms with Crippen molar-refractivity contribution in [2.24, 2.45) is 0 Å². The Morgan fingerprint density at radius 1 is 0.412 bits per heavy atom. The molecule has 0 heterocycles. The maximum atomic E-state index is 8.88. The molecule has 17 heteroatoms. The first kappa shape index (κ1) is 30.9. The molecule has 9 N–H and O–H groups in total. The topological polar surface area (TPSA) is 233 Å². The van der Waals surface area contributed by atoms with Crippen molar-refractivity contribution in [3.05, 3.63) is 0 Å². The van der Waals surface area contributed by atoms with Gasteiger partial charge in [-0.25, -0.2) is 13.7 Å². The lowest BCUT2D eigenvalue weighted by molar-refractivity contribution is 0.272. The van der Waals surface area contributed by atoms with Crippen LogP contribution in [0.4, 0.5) is 0 Å². The largest absolute Gasteiger partial charge is 0.466 e. The average Bonchev–Trinajstić information content (AvgIpc) is 1.41. The van der Waals surface area contributed by atoms with Crippen LogP contribution in [0.2, 0.25) is 0 Å². The molecule has 2 unspecified atom stereocenters. The second kappa shape index (κ2) is 12.2. The Morgan fingerprint density at radius 3 is 0.412 bits per heavy atom. The second-order valence-electron chi connectivity index (χ2n) is 1.54. The van der Waals surface area contributed by atoms with Gasteiger partial charge in [0.15, 0.2) is 0 Å². The number of hydrogen-bond acceptors (Lipinski definition) is 3. The zero-order valence-corrected chi connectivity index (χ0v) is 13.5. The molecule has 0 radical (unpaired) electrons. The highest BCUT2D eigenvalue weighted by Gasteiger charge is 2.01. The molecule has 0 rings (SSSR count). The van der Waals surface area contributed by atoms with Crippen molar-refractivity contribution < 1.29 is 57.7 Å². The molecular weight excluding hydrogens is 347 g/mol. The Kier molecular flexibility index (Phi) is 22.2. The van der Waals surface area contributed by atoms with Crippen molar-refractivity contribution in [1.82, 2.24) is 0 Å². The van der Waals surface area contributed by atoms with Crippen LogP contribution in [0.25, 0.3) is 0 Å². The minimum atomic E-state index is -4.64.